The molecule has 1 N–H and O–H groups in total. The molecule has 1 aromatic carbocycles. The van der Waals surface area contributed by atoms with E-state index in [2.05, 4.69) is 5.32 Å². The number of hydrogen-bond donors (Lipinski definition) is 1. The number of amides is 3. The summed E-state index contributed by atoms with van der Waals surface area (Å²) in [6.07, 6.45) is 1.46. The first-order chi connectivity index (χ1) is 13.1. The van der Waals surface area contributed by atoms with Gasteiger partial charge in [-0.1, -0.05) is 6.07 Å². The number of carbonyl (C=O) groups is 3. The van der Waals surface area contributed by atoms with Gasteiger partial charge in [0.15, 0.2) is 5.76 Å². The van der Waals surface area contributed by atoms with Gasteiger partial charge in [0.1, 0.15) is 5.75 Å². The lowest BCUT2D eigenvalue weighted by molar-refractivity contribution is -0.131. The van der Waals surface area contributed by atoms with Gasteiger partial charge in [-0.2, -0.15) is 0 Å². The highest BCUT2D eigenvalue weighted by Crippen LogP contribution is 2.12. The van der Waals surface area contributed by atoms with Crippen molar-refractivity contribution in [1.82, 2.24) is 15.1 Å². The van der Waals surface area contributed by atoms with Crippen molar-refractivity contribution in [1.29, 1.82) is 0 Å². The van der Waals surface area contributed by atoms with Crippen LogP contribution in [0.1, 0.15) is 20.9 Å². The monoisotopic (exact) mass is 371 g/mol. The van der Waals surface area contributed by atoms with E-state index in [-0.39, 0.29) is 24.3 Å². The van der Waals surface area contributed by atoms with E-state index in [1.807, 2.05) is 0 Å². The Hall–Kier alpha value is -3.29. The Morgan fingerprint density at radius 3 is 2.48 bits per heavy atom. The highest BCUT2D eigenvalue weighted by atomic mass is 16.5. The van der Waals surface area contributed by atoms with E-state index in [0.717, 1.165) is 0 Å². The van der Waals surface area contributed by atoms with E-state index in [9.17, 15) is 14.4 Å². The number of furan rings is 1. The second-order valence-electron chi connectivity index (χ2n) is 6.06. The molecule has 0 unspecified atom stereocenters. The van der Waals surface area contributed by atoms with E-state index < -0.39 is 0 Å². The molecule has 3 rings (SSSR count). The summed E-state index contributed by atoms with van der Waals surface area (Å²) in [6, 6.07) is 10.0. The first-order valence-electron chi connectivity index (χ1n) is 8.61. The van der Waals surface area contributed by atoms with Gasteiger partial charge >= 0.3 is 0 Å². The van der Waals surface area contributed by atoms with Gasteiger partial charge in [0, 0.05) is 31.7 Å². The van der Waals surface area contributed by atoms with Crippen LogP contribution in [0.5, 0.6) is 5.75 Å². The van der Waals surface area contributed by atoms with Crippen LogP contribution in [0, 0.1) is 0 Å². The molecule has 0 radical (unpaired) electrons. The molecular formula is C19H21N3O5. The minimum Gasteiger partial charge on any atom is -0.497 e. The topological polar surface area (TPSA) is 92.1 Å². The van der Waals surface area contributed by atoms with Crippen molar-refractivity contribution < 1.29 is 23.5 Å². The van der Waals surface area contributed by atoms with Crippen molar-refractivity contribution in [2.45, 2.75) is 0 Å². The molecule has 2 heterocycles. The lowest BCUT2D eigenvalue weighted by Crippen LogP contribution is -2.52. The van der Waals surface area contributed by atoms with Crippen LogP contribution in [0.4, 0.5) is 0 Å². The van der Waals surface area contributed by atoms with E-state index in [4.69, 9.17) is 9.15 Å². The molecule has 27 heavy (non-hydrogen) atoms. The maximum absolute atomic E-state index is 12.3. The third-order valence-electron chi connectivity index (χ3n) is 4.38. The van der Waals surface area contributed by atoms with Crippen molar-refractivity contribution in [2.75, 3.05) is 39.8 Å². The van der Waals surface area contributed by atoms with Gasteiger partial charge < -0.3 is 24.3 Å². The van der Waals surface area contributed by atoms with Gasteiger partial charge in [-0.3, -0.25) is 14.4 Å². The molecule has 2 aromatic rings. The molecule has 3 amide bonds. The molecule has 0 aliphatic carbocycles. The molecule has 8 nitrogen and oxygen atoms in total. The minimum atomic E-state index is -0.339. The summed E-state index contributed by atoms with van der Waals surface area (Å²) >= 11 is 0. The van der Waals surface area contributed by atoms with Crippen LogP contribution < -0.4 is 10.1 Å². The second kappa shape index (κ2) is 8.39. The summed E-state index contributed by atoms with van der Waals surface area (Å²) in [6.45, 7) is 1.59. The Morgan fingerprint density at radius 2 is 1.81 bits per heavy atom. The quantitative estimate of drug-likeness (QED) is 0.847. The molecule has 0 bridgehead atoms. The summed E-state index contributed by atoms with van der Waals surface area (Å²) in [5.41, 5.74) is 0.427. The molecule has 0 saturated carbocycles. The van der Waals surface area contributed by atoms with Crippen LogP contribution in [0.25, 0.3) is 0 Å². The maximum atomic E-state index is 12.3. The summed E-state index contributed by atoms with van der Waals surface area (Å²) in [5.74, 6) is 0.162. The number of benzene rings is 1. The summed E-state index contributed by atoms with van der Waals surface area (Å²) < 4.78 is 10.2. The molecular weight excluding hydrogens is 350 g/mol. The number of rotatable bonds is 5. The Kier molecular flexibility index (Phi) is 5.75. The van der Waals surface area contributed by atoms with Gasteiger partial charge in [-0.25, -0.2) is 0 Å². The predicted molar refractivity (Wildman–Crippen MR) is 96.5 cm³/mol. The first-order valence-corrected chi connectivity index (χ1v) is 8.61. The van der Waals surface area contributed by atoms with Gasteiger partial charge in [0.25, 0.3) is 11.8 Å². The van der Waals surface area contributed by atoms with Crippen LogP contribution in [0.3, 0.4) is 0 Å². The van der Waals surface area contributed by atoms with Gasteiger partial charge in [-0.15, -0.1) is 0 Å². The molecule has 1 saturated heterocycles. The predicted octanol–water partition coefficient (Wildman–Crippen LogP) is 1.00. The molecule has 1 fully saturated rings. The zero-order valence-corrected chi connectivity index (χ0v) is 15.0. The van der Waals surface area contributed by atoms with Gasteiger partial charge in [-0.05, 0) is 30.3 Å². The largest absolute Gasteiger partial charge is 0.497 e. The average Bonchev–Trinajstić information content (AvgIpc) is 3.26. The number of carbonyl (C=O) groups excluding carboxylic acids is 3. The van der Waals surface area contributed by atoms with Gasteiger partial charge in [0.05, 0.1) is 19.9 Å². The number of ether oxygens (including phenoxy) is 1. The standard InChI is InChI=1S/C19H21N3O5/c1-26-15-5-2-4-14(12-15)18(24)20-13-17(23)21-7-9-22(10-8-21)19(25)16-6-3-11-27-16/h2-6,11-12H,7-10,13H2,1H3,(H,20,24). The van der Waals surface area contributed by atoms with Crippen LogP contribution >= 0.6 is 0 Å². The fraction of sp³-hybridized carbons (Fsp3) is 0.316. The molecule has 1 aliphatic rings. The van der Waals surface area contributed by atoms with Crippen molar-refractivity contribution >= 4 is 17.7 Å². The number of methoxy groups -OCH3 is 1. The number of hydrogen-bond acceptors (Lipinski definition) is 5. The van der Waals surface area contributed by atoms with Crippen molar-refractivity contribution in [3.63, 3.8) is 0 Å². The average molecular weight is 371 g/mol. The summed E-state index contributed by atoms with van der Waals surface area (Å²) in [4.78, 5) is 40.0. The molecule has 8 heteroatoms. The Labute approximate surface area is 156 Å². The van der Waals surface area contributed by atoms with Crippen molar-refractivity contribution in [2.24, 2.45) is 0 Å². The van der Waals surface area contributed by atoms with Crippen molar-refractivity contribution in [3.05, 3.63) is 54.0 Å². The maximum Gasteiger partial charge on any atom is 0.289 e. The molecule has 0 atom stereocenters. The molecule has 142 valence electrons. The molecule has 0 spiro atoms. The third-order valence-corrected chi connectivity index (χ3v) is 4.38. The number of nitrogens with one attached hydrogen (secondary N) is 1. The normalized spacial score (nSPS) is 14.0. The highest BCUT2D eigenvalue weighted by Gasteiger charge is 2.26. The highest BCUT2D eigenvalue weighted by molar-refractivity contribution is 5.97. The lowest BCUT2D eigenvalue weighted by atomic mass is 10.2. The van der Waals surface area contributed by atoms with Gasteiger partial charge in [0.2, 0.25) is 5.91 Å². The van der Waals surface area contributed by atoms with Crippen LogP contribution in [-0.4, -0.2) is 67.4 Å². The SMILES string of the molecule is COc1cccc(C(=O)NCC(=O)N2CCN(C(=O)c3ccco3)CC2)c1. The lowest BCUT2D eigenvalue weighted by Gasteiger charge is -2.34. The molecule has 1 aromatic heterocycles. The fourth-order valence-electron chi connectivity index (χ4n) is 2.85. The van der Waals surface area contributed by atoms with E-state index in [1.165, 1.54) is 13.4 Å². The zero-order valence-electron chi connectivity index (χ0n) is 15.0. The second-order valence-corrected chi connectivity index (χ2v) is 6.06. The fourth-order valence-corrected chi connectivity index (χ4v) is 2.85. The van der Waals surface area contributed by atoms with E-state index >= 15 is 0 Å². The Morgan fingerprint density at radius 1 is 1.07 bits per heavy atom. The Bertz CT molecular complexity index is 811. The van der Waals surface area contributed by atoms with Crippen LogP contribution in [0.15, 0.2) is 47.1 Å². The van der Waals surface area contributed by atoms with E-state index in [1.54, 1.807) is 46.2 Å². The number of piperazine rings is 1. The minimum absolute atomic E-state index is 0.0951. The van der Waals surface area contributed by atoms with Crippen LogP contribution in [0.2, 0.25) is 0 Å². The first kappa shape index (κ1) is 18.5. The third kappa shape index (κ3) is 4.46. The smallest absolute Gasteiger partial charge is 0.289 e. The number of nitrogens with zero attached hydrogens (tertiary/aromatic N) is 2. The van der Waals surface area contributed by atoms with E-state index in [0.29, 0.717) is 43.3 Å². The summed E-state index contributed by atoms with van der Waals surface area (Å²) in [7, 11) is 1.52. The molecule has 1 aliphatic heterocycles. The Balaban J connectivity index is 1.46. The summed E-state index contributed by atoms with van der Waals surface area (Å²) in [5, 5.41) is 2.62. The van der Waals surface area contributed by atoms with Crippen molar-refractivity contribution in [3.8, 4) is 5.75 Å². The van der Waals surface area contributed by atoms with Crippen LogP contribution in [-0.2, 0) is 4.79 Å². The zero-order chi connectivity index (χ0) is 19.2.